The normalized spacial score (nSPS) is 14.6. The number of hydrogen-bond acceptors (Lipinski definition) is 3. The van der Waals surface area contributed by atoms with Crippen LogP contribution in [0, 0.1) is 0 Å². The van der Waals surface area contributed by atoms with Gasteiger partial charge in [0.25, 0.3) is 0 Å². The summed E-state index contributed by atoms with van der Waals surface area (Å²) in [6, 6.07) is 25.5. The highest BCUT2D eigenvalue weighted by atomic mass is 35.5. The van der Waals surface area contributed by atoms with Crippen LogP contribution < -0.4 is 0 Å². The fraction of sp³-hybridized carbons (Fsp3) is 0.167. The Morgan fingerprint density at radius 1 is 0.833 bits per heavy atom. The van der Waals surface area contributed by atoms with Crippen molar-refractivity contribution in [2.24, 2.45) is 0 Å². The van der Waals surface area contributed by atoms with Crippen LogP contribution in [0.4, 0.5) is 0 Å². The maximum absolute atomic E-state index is 12.6. The van der Waals surface area contributed by atoms with Crippen LogP contribution in [0.2, 0.25) is 10.0 Å². The van der Waals surface area contributed by atoms with Crippen molar-refractivity contribution in [3.8, 4) is 0 Å². The molecule has 0 aromatic heterocycles. The standard InChI is InChI=1S/C24H21Cl2NO2S/c1-30(28,29)24(19-12-21(25)14-22(26)13-19)20-15-27(16-20)23(17-8-4-2-5-9-17)18-10-6-3-7-11-18/h2-14,23H,15-16H2,1H3. The average molecular weight is 458 g/mol. The first-order valence-corrected chi connectivity index (χ1v) is 12.2. The number of rotatable bonds is 5. The van der Waals surface area contributed by atoms with E-state index < -0.39 is 9.84 Å². The third-order valence-electron chi connectivity index (χ3n) is 5.20. The van der Waals surface area contributed by atoms with Crippen LogP contribution in [-0.2, 0) is 9.84 Å². The molecule has 3 nitrogen and oxygen atoms in total. The van der Waals surface area contributed by atoms with Gasteiger partial charge in [0.15, 0.2) is 9.84 Å². The first kappa shape index (κ1) is 21.1. The Hall–Kier alpha value is -2.11. The van der Waals surface area contributed by atoms with Crippen molar-refractivity contribution in [2.45, 2.75) is 6.04 Å². The summed E-state index contributed by atoms with van der Waals surface area (Å²) in [6.45, 7) is 1.11. The molecule has 1 saturated heterocycles. The first-order chi connectivity index (χ1) is 14.3. The third-order valence-corrected chi connectivity index (χ3v) is 6.90. The lowest BCUT2D eigenvalue weighted by atomic mass is 9.92. The summed E-state index contributed by atoms with van der Waals surface area (Å²) in [4.78, 5) is 2.60. The Bertz CT molecular complexity index is 1120. The predicted octanol–water partition coefficient (Wildman–Crippen LogP) is 5.85. The van der Waals surface area contributed by atoms with Gasteiger partial charge in [-0.3, -0.25) is 4.90 Å². The summed E-state index contributed by atoms with van der Waals surface area (Å²) in [6.07, 6.45) is 1.23. The van der Waals surface area contributed by atoms with Gasteiger partial charge in [-0.2, -0.15) is 0 Å². The second kappa shape index (κ2) is 8.56. The number of nitrogens with zero attached hydrogens (tertiary/aromatic N) is 1. The molecule has 3 aromatic carbocycles. The highest BCUT2D eigenvalue weighted by Crippen LogP contribution is 2.39. The van der Waals surface area contributed by atoms with E-state index in [1.807, 2.05) is 36.4 Å². The molecule has 30 heavy (non-hydrogen) atoms. The van der Waals surface area contributed by atoms with E-state index in [1.54, 1.807) is 18.2 Å². The molecule has 154 valence electrons. The van der Waals surface area contributed by atoms with Crippen LogP contribution in [0.5, 0.6) is 0 Å². The highest BCUT2D eigenvalue weighted by Gasteiger charge is 2.34. The molecule has 4 rings (SSSR count). The fourth-order valence-corrected chi connectivity index (χ4v) is 5.75. The van der Waals surface area contributed by atoms with Gasteiger partial charge in [-0.1, -0.05) is 83.9 Å². The summed E-state index contributed by atoms with van der Waals surface area (Å²) < 4.78 is 25.3. The van der Waals surface area contributed by atoms with Crippen LogP contribution in [0.3, 0.4) is 0 Å². The topological polar surface area (TPSA) is 37.4 Å². The van der Waals surface area contributed by atoms with E-state index in [0.717, 1.165) is 5.57 Å². The Balaban J connectivity index is 1.73. The lowest BCUT2D eigenvalue weighted by Crippen LogP contribution is -2.44. The second-order valence-corrected chi connectivity index (χ2v) is 10.3. The van der Waals surface area contributed by atoms with Crippen LogP contribution in [0.1, 0.15) is 22.7 Å². The molecule has 0 radical (unpaired) electrons. The Labute approximate surface area is 187 Å². The van der Waals surface area contributed by atoms with Crippen LogP contribution in [-0.4, -0.2) is 32.7 Å². The van der Waals surface area contributed by atoms with Crippen LogP contribution in [0.25, 0.3) is 4.91 Å². The molecule has 0 N–H and O–H groups in total. The molecule has 0 aliphatic carbocycles. The molecular formula is C24H21Cl2NO2S. The van der Waals surface area contributed by atoms with Gasteiger partial charge in [0.2, 0.25) is 0 Å². The zero-order valence-electron chi connectivity index (χ0n) is 16.4. The first-order valence-electron chi connectivity index (χ1n) is 9.55. The van der Waals surface area contributed by atoms with Gasteiger partial charge in [0, 0.05) is 29.4 Å². The number of sulfone groups is 1. The molecule has 1 aliphatic rings. The Morgan fingerprint density at radius 3 is 1.73 bits per heavy atom. The molecule has 0 saturated carbocycles. The lowest BCUT2D eigenvalue weighted by Gasteiger charge is -2.42. The SMILES string of the molecule is CS(=O)(=O)C(=C1CN(C(c2ccccc2)c2ccccc2)C1)c1cc(Cl)cc(Cl)c1. The van der Waals surface area contributed by atoms with Crippen LogP contribution >= 0.6 is 23.2 Å². The van der Waals surface area contributed by atoms with Crippen molar-refractivity contribution in [3.63, 3.8) is 0 Å². The molecule has 1 heterocycles. The molecule has 0 atom stereocenters. The minimum Gasteiger partial charge on any atom is -0.284 e. The zero-order valence-corrected chi connectivity index (χ0v) is 18.8. The summed E-state index contributed by atoms with van der Waals surface area (Å²) >= 11 is 12.3. The number of hydrogen-bond donors (Lipinski definition) is 0. The summed E-state index contributed by atoms with van der Waals surface area (Å²) in [5.41, 5.74) is 3.76. The molecule has 1 fully saturated rings. The van der Waals surface area contributed by atoms with Gasteiger partial charge in [-0.05, 0) is 40.5 Å². The monoisotopic (exact) mass is 457 g/mol. The number of benzene rings is 3. The van der Waals surface area contributed by atoms with Crippen LogP contribution in [0.15, 0.2) is 84.4 Å². The maximum Gasteiger partial charge on any atom is 0.176 e. The third kappa shape index (κ3) is 4.47. The minimum atomic E-state index is -3.45. The van der Waals surface area contributed by atoms with E-state index in [4.69, 9.17) is 23.2 Å². The summed E-state index contributed by atoms with van der Waals surface area (Å²) in [7, 11) is -3.45. The van der Waals surface area contributed by atoms with Gasteiger partial charge in [0.05, 0.1) is 10.9 Å². The molecule has 0 spiro atoms. The van der Waals surface area contributed by atoms with E-state index in [0.29, 0.717) is 33.6 Å². The lowest BCUT2D eigenvalue weighted by molar-refractivity contribution is 0.203. The summed E-state index contributed by atoms with van der Waals surface area (Å²) in [5.74, 6) is 0. The van der Waals surface area contributed by atoms with Gasteiger partial charge in [-0.25, -0.2) is 8.42 Å². The molecular weight excluding hydrogens is 437 g/mol. The van der Waals surface area contributed by atoms with E-state index in [9.17, 15) is 8.42 Å². The Morgan fingerprint density at radius 2 is 1.30 bits per heavy atom. The van der Waals surface area contributed by atoms with E-state index in [-0.39, 0.29) is 6.04 Å². The predicted molar refractivity (Wildman–Crippen MR) is 125 cm³/mol. The van der Waals surface area contributed by atoms with Gasteiger partial charge < -0.3 is 0 Å². The van der Waals surface area contributed by atoms with Crippen molar-refractivity contribution in [2.75, 3.05) is 19.3 Å². The van der Waals surface area contributed by atoms with Gasteiger partial charge >= 0.3 is 0 Å². The minimum absolute atomic E-state index is 0.0555. The second-order valence-electron chi connectivity index (χ2n) is 7.49. The molecule has 0 unspecified atom stereocenters. The smallest absolute Gasteiger partial charge is 0.176 e. The molecule has 0 amide bonds. The summed E-state index contributed by atoms with van der Waals surface area (Å²) in [5, 5.41) is 0.837. The van der Waals surface area contributed by atoms with Crippen molar-refractivity contribution >= 4 is 37.9 Å². The molecule has 6 heteroatoms. The fourth-order valence-electron chi connectivity index (χ4n) is 4.02. The number of likely N-dealkylation sites (tertiary alicyclic amines) is 1. The maximum atomic E-state index is 12.6. The van der Waals surface area contributed by atoms with Crippen molar-refractivity contribution in [3.05, 3.63) is 111 Å². The quantitative estimate of drug-likeness (QED) is 0.481. The van der Waals surface area contributed by atoms with E-state index in [1.165, 1.54) is 17.4 Å². The van der Waals surface area contributed by atoms with Crippen molar-refractivity contribution < 1.29 is 8.42 Å². The Kier molecular flexibility index (Phi) is 6.03. The van der Waals surface area contributed by atoms with Crippen molar-refractivity contribution in [1.29, 1.82) is 0 Å². The number of halogens is 2. The largest absolute Gasteiger partial charge is 0.284 e. The van der Waals surface area contributed by atoms with E-state index in [2.05, 4.69) is 29.2 Å². The zero-order chi connectivity index (χ0) is 21.3. The van der Waals surface area contributed by atoms with Crippen molar-refractivity contribution in [1.82, 2.24) is 4.90 Å². The molecule has 3 aromatic rings. The van der Waals surface area contributed by atoms with Gasteiger partial charge in [0.1, 0.15) is 0 Å². The highest BCUT2D eigenvalue weighted by molar-refractivity contribution is 8.00. The molecule has 1 aliphatic heterocycles. The average Bonchev–Trinajstić information content (AvgIpc) is 2.66. The van der Waals surface area contributed by atoms with E-state index >= 15 is 0 Å². The molecule has 0 bridgehead atoms. The van der Waals surface area contributed by atoms with Gasteiger partial charge in [-0.15, -0.1) is 0 Å².